The number of alkyl carbamates (subject to hydrolysis) is 1. The molecule has 1 aromatic carbocycles. The van der Waals surface area contributed by atoms with Crippen LogP contribution in [0.1, 0.15) is 39.2 Å². The lowest BCUT2D eigenvalue weighted by Crippen LogP contribution is -2.37. The molecule has 34 heavy (non-hydrogen) atoms. The fourth-order valence-corrected chi connectivity index (χ4v) is 3.57. The van der Waals surface area contributed by atoms with Gasteiger partial charge < -0.3 is 19.1 Å². The summed E-state index contributed by atoms with van der Waals surface area (Å²) in [4.78, 5) is 30.6. The van der Waals surface area contributed by atoms with Crippen LogP contribution in [0, 0.1) is 11.3 Å². The Kier molecular flexibility index (Phi) is 8.45. The van der Waals surface area contributed by atoms with Crippen molar-refractivity contribution in [3.05, 3.63) is 54.4 Å². The molecule has 1 aromatic heterocycles. The van der Waals surface area contributed by atoms with Crippen molar-refractivity contribution in [3.8, 4) is 5.75 Å². The van der Waals surface area contributed by atoms with Gasteiger partial charge in [0.1, 0.15) is 30.4 Å². The Morgan fingerprint density at radius 1 is 1.12 bits per heavy atom. The smallest absolute Gasteiger partial charge is 0.413 e. The van der Waals surface area contributed by atoms with E-state index < -0.39 is 11.7 Å². The highest BCUT2D eigenvalue weighted by Crippen LogP contribution is 2.23. The van der Waals surface area contributed by atoms with Crippen LogP contribution in [0.25, 0.3) is 0 Å². The molecule has 182 valence electrons. The van der Waals surface area contributed by atoms with Gasteiger partial charge in [0.25, 0.3) is 0 Å². The summed E-state index contributed by atoms with van der Waals surface area (Å²) in [6.07, 6.45) is 4.34. The number of anilines is 1. The molecule has 1 saturated heterocycles. The number of rotatable bonds is 7. The molecule has 3 rings (SSSR count). The highest BCUT2D eigenvalue weighted by molar-refractivity contribution is 6.04. The number of carbonyl (C=O) groups is 2. The quantitative estimate of drug-likeness (QED) is 0.275. The van der Waals surface area contributed by atoms with Gasteiger partial charge in [0.15, 0.2) is 0 Å². The maximum atomic E-state index is 12.4. The number of carbonyl (C=O) groups excluding carboxylic acids is 2. The summed E-state index contributed by atoms with van der Waals surface area (Å²) >= 11 is 0. The molecular formula is C25H32N4O5. The number of esters is 1. The van der Waals surface area contributed by atoms with E-state index >= 15 is 0 Å². The van der Waals surface area contributed by atoms with Crippen molar-refractivity contribution in [3.63, 3.8) is 0 Å². The minimum absolute atomic E-state index is 0.0933. The zero-order valence-electron chi connectivity index (χ0n) is 19.9. The third-order valence-corrected chi connectivity index (χ3v) is 5.20. The Bertz CT molecular complexity index is 982. The summed E-state index contributed by atoms with van der Waals surface area (Å²) in [5.41, 5.74) is 0.941. The number of aromatic nitrogens is 1. The van der Waals surface area contributed by atoms with E-state index in [4.69, 9.17) is 19.6 Å². The van der Waals surface area contributed by atoms with E-state index in [1.54, 1.807) is 57.4 Å². The first-order chi connectivity index (χ1) is 16.2. The van der Waals surface area contributed by atoms with Crippen LogP contribution in [0.4, 0.5) is 10.5 Å². The Morgan fingerprint density at radius 2 is 1.82 bits per heavy atom. The number of amides is 1. The molecule has 2 heterocycles. The summed E-state index contributed by atoms with van der Waals surface area (Å²) in [5, 5.41) is 10.5. The molecule has 0 spiro atoms. The highest BCUT2D eigenvalue weighted by Gasteiger charge is 2.26. The van der Waals surface area contributed by atoms with Gasteiger partial charge in [0.2, 0.25) is 0 Å². The van der Waals surface area contributed by atoms with Crippen LogP contribution in [0.15, 0.2) is 48.8 Å². The molecule has 2 N–H and O–H groups in total. The molecule has 0 atom stereocenters. The van der Waals surface area contributed by atoms with Crippen LogP contribution in [0.5, 0.6) is 5.75 Å². The largest absolute Gasteiger partial charge is 0.490 e. The fraction of sp³-hybridized carbons (Fsp3) is 0.440. The van der Waals surface area contributed by atoms with Crippen molar-refractivity contribution in [2.45, 2.75) is 39.2 Å². The molecule has 9 nitrogen and oxygen atoms in total. The number of piperidine rings is 1. The van der Waals surface area contributed by atoms with E-state index in [1.807, 2.05) is 12.1 Å². The Labute approximate surface area is 199 Å². The van der Waals surface area contributed by atoms with E-state index in [0.29, 0.717) is 11.3 Å². The van der Waals surface area contributed by atoms with Crippen molar-refractivity contribution >= 4 is 23.6 Å². The molecule has 1 aliphatic heterocycles. The highest BCUT2D eigenvalue weighted by atomic mass is 16.6. The average Bonchev–Trinajstić information content (AvgIpc) is 2.81. The van der Waals surface area contributed by atoms with E-state index in [1.165, 1.54) is 0 Å². The number of ether oxygens (including phenoxy) is 3. The average molecular weight is 469 g/mol. The normalized spacial score (nSPS) is 14.3. The van der Waals surface area contributed by atoms with Crippen LogP contribution >= 0.6 is 0 Å². The minimum atomic E-state index is -0.692. The molecule has 1 aliphatic rings. The van der Waals surface area contributed by atoms with Gasteiger partial charge in [-0.15, -0.1) is 0 Å². The number of hydrogen-bond acceptors (Lipinski definition) is 8. The van der Waals surface area contributed by atoms with Crippen LogP contribution < -0.4 is 15.0 Å². The minimum Gasteiger partial charge on any atom is -0.490 e. The lowest BCUT2D eigenvalue weighted by atomic mass is 9.97. The second-order valence-electron chi connectivity index (χ2n) is 9.01. The fourth-order valence-electron chi connectivity index (χ4n) is 3.57. The molecular weight excluding hydrogens is 436 g/mol. The van der Waals surface area contributed by atoms with Gasteiger partial charge in [0, 0.05) is 36.7 Å². The molecule has 0 radical (unpaired) electrons. The molecule has 0 bridgehead atoms. The van der Waals surface area contributed by atoms with Crippen LogP contribution in [-0.4, -0.2) is 54.8 Å². The van der Waals surface area contributed by atoms with Crippen molar-refractivity contribution in [1.29, 1.82) is 5.41 Å². The molecule has 9 heteroatoms. The van der Waals surface area contributed by atoms with Gasteiger partial charge in [-0.3, -0.25) is 20.5 Å². The summed E-state index contributed by atoms with van der Waals surface area (Å²) < 4.78 is 16.2. The lowest BCUT2D eigenvalue weighted by molar-refractivity contribution is -0.150. The second-order valence-corrected chi connectivity index (χ2v) is 9.01. The number of nitrogens with zero attached hydrogens (tertiary/aromatic N) is 2. The summed E-state index contributed by atoms with van der Waals surface area (Å²) in [7, 11) is 0. The van der Waals surface area contributed by atoms with Crippen molar-refractivity contribution in [2.24, 2.45) is 5.92 Å². The predicted molar refractivity (Wildman–Crippen MR) is 128 cm³/mol. The molecule has 2 aromatic rings. The van der Waals surface area contributed by atoms with Gasteiger partial charge in [0.05, 0.1) is 5.92 Å². The predicted octanol–water partition coefficient (Wildman–Crippen LogP) is 3.77. The third kappa shape index (κ3) is 7.75. The summed E-state index contributed by atoms with van der Waals surface area (Å²) in [6.45, 7) is 7.20. The third-order valence-electron chi connectivity index (χ3n) is 5.20. The van der Waals surface area contributed by atoms with Crippen LogP contribution in [-0.2, 0) is 14.3 Å². The topological polar surface area (TPSA) is 114 Å². The van der Waals surface area contributed by atoms with E-state index in [-0.39, 0.29) is 30.9 Å². The maximum absolute atomic E-state index is 12.4. The van der Waals surface area contributed by atoms with Gasteiger partial charge in [-0.2, -0.15) is 0 Å². The first-order valence-electron chi connectivity index (χ1n) is 11.3. The lowest BCUT2D eigenvalue weighted by Gasteiger charge is -2.32. The monoisotopic (exact) mass is 468 g/mol. The van der Waals surface area contributed by atoms with E-state index in [9.17, 15) is 9.59 Å². The summed E-state index contributed by atoms with van der Waals surface area (Å²) in [5.74, 6) is 0.107. The maximum Gasteiger partial charge on any atom is 0.413 e. The Balaban J connectivity index is 1.38. The van der Waals surface area contributed by atoms with Crippen molar-refractivity contribution in [2.75, 3.05) is 31.2 Å². The summed E-state index contributed by atoms with van der Waals surface area (Å²) in [6, 6.07) is 10.7. The van der Waals surface area contributed by atoms with Gasteiger partial charge in [-0.25, -0.2) is 4.79 Å². The van der Waals surface area contributed by atoms with Gasteiger partial charge in [-0.05, 0) is 57.9 Å². The molecule has 1 fully saturated rings. The number of amidine groups is 1. The number of hydrogen-bond donors (Lipinski definition) is 2. The zero-order valence-corrected chi connectivity index (χ0v) is 19.9. The first-order valence-corrected chi connectivity index (χ1v) is 11.3. The zero-order chi connectivity index (χ0) is 24.6. The first kappa shape index (κ1) is 25.0. The van der Waals surface area contributed by atoms with Gasteiger partial charge in [-0.1, -0.05) is 12.1 Å². The second kappa shape index (κ2) is 11.5. The van der Waals surface area contributed by atoms with Gasteiger partial charge >= 0.3 is 12.1 Å². The molecule has 0 saturated carbocycles. The van der Waals surface area contributed by atoms with E-state index in [0.717, 1.165) is 31.6 Å². The van der Waals surface area contributed by atoms with Crippen molar-refractivity contribution in [1.82, 2.24) is 10.3 Å². The van der Waals surface area contributed by atoms with Crippen LogP contribution in [0.2, 0.25) is 0 Å². The number of pyridine rings is 1. The van der Waals surface area contributed by atoms with Crippen molar-refractivity contribution < 1.29 is 23.8 Å². The van der Waals surface area contributed by atoms with E-state index in [2.05, 4.69) is 15.2 Å². The molecule has 0 unspecified atom stereocenters. The Morgan fingerprint density at radius 3 is 2.50 bits per heavy atom. The molecule has 0 aliphatic carbocycles. The van der Waals surface area contributed by atoms with Crippen LogP contribution in [0.3, 0.4) is 0 Å². The number of nitrogens with one attached hydrogen (secondary N) is 2. The SMILES string of the molecule is CC(C)(C)OC(=O)NC(=N)c1cccc(OCCOC(=O)C2CCN(c3ccncc3)CC2)c1. The number of benzene rings is 1. The molecule has 1 amide bonds. The standard InChI is InChI=1S/C25H32N4O5/c1-25(2,3)34-24(31)28-22(26)19-5-4-6-21(17-19)32-15-16-33-23(30)18-9-13-29(14-10-18)20-7-11-27-12-8-20/h4-8,11-12,17-18H,9-10,13-16H2,1-3H3,(H2,26,28,31). The Hall–Kier alpha value is -3.62.